The summed E-state index contributed by atoms with van der Waals surface area (Å²) in [4.78, 5) is 0. The van der Waals surface area contributed by atoms with E-state index >= 15 is 0 Å². The molecule has 3 atom stereocenters. The van der Waals surface area contributed by atoms with Gasteiger partial charge in [-0.3, -0.25) is 0 Å². The second-order valence-electron chi connectivity index (χ2n) is 2.28. The first kappa shape index (κ1) is 3.87. The lowest BCUT2D eigenvalue weighted by molar-refractivity contribution is 0.119. The minimum Gasteiger partial charge on any atom is -0.390 e. The molecule has 1 N–H and O–H groups in total. The maximum Gasteiger partial charge on any atom is 0.110 e. The average Bonchev–Trinajstić information content (AvgIpc) is 2.33. The van der Waals surface area contributed by atoms with Gasteiger partial charge in [0.05, 0.1) is 12.2 Å². The first-order chi connectivity index (χ1) is 3.38. The molecule has 2 nitrogen and oxygen atoms in total. The van der Waals surface area contributed by atoms with Crippen molar-refractivity contribution in [3.8, 4) is 0 Å². The monoisotopic (exact) mass is 100 g/mol. The van der Waals surface area contributed by atoms with Gasteiger partial charge in [-0.15, -0.1) is 0 Å². The molecule has 2 fully saturated rings. The molecule has 0 aromatic heterocycles. The molecule has 40 valence electrons. The molecule has 0 amide bonds. The molecule has 1 saturated heterocycles. The van der Waals surface area contributed by atoms with Crippen LogP contribution in [0.15, 0.2) is 0 Å². The van der Waals surface area contributed by atoms with Gasteiger partial charge in [-0.25, -0.2) is 0 Å². The van der Waals surface area contributed by atoms with E-state index in [2.05, 4.69) is 0 Å². The van der Waals surface area contributed by atoms with Crippen molar-refractivity contribution in [2.45, 2.75) is 31.2 Å². The van der Waals surface area contributed by atoms with E-state index in [1.807, 2.05) is 0 Å². The summed E-state index contributed by atoms with van der Waals surface area (Å²) in [5.74, 6) is 0. The Bertz CT molecular complexity index is 92.1. The second kappa shape index (κ2) is 1.01. The molecule has 1 aliphatic carbocycles. The molecular formula is C5H8O2. The van der Waals surface area contributed by atoms with Crippen LogP contribution < -0.4 is 0 Å². The van der Waals surface area contributed by atoms with Gasteiger partial charge in [0.2, 0.25) is 0 Å². The third-order valence-corrected chi connectivity index (χ3v) is 1.75. The van der Waals surface area contributed by atoms with E-state index in [-0.39, 0.29) is 12.2 Å². The third-order valence-electron chi connectivity index (χ3n) is 1.75. The van der Waals surface area contributed by atoms with Crippen molar-refractivity contribution in [3.63, 3.8) is 0 Å². The molecule has 0 bridgehead atoms. The standard InChI is InChI=1S/C5H8O2/c6-3-1-2-4-5(3)7-4/h3-6H,1-2H2/t3?,4-,5-/m1/s1. The number of aliphatic hydroxyl groups excluding tert-OH is 1. The highest BCUT2D eigenvalue weighted by Crippen LogP contribution is 2.38. The minimum atomic E-state index is -0.134. The van der Waals surface area contributed by atoms with Crippen LogP contribution in [0.25, 0.3) is 0 Å². The van der Waals surface area contributed by atoms with E-state index in [0.29, 0.717) is 6.10 Å². The molecule has 0 aromatic rings. The highest BCUT2D eigenvalue weighted by atomic mass is 16.6. The number of hydrogen-bond acceptors (Lipinski definition) is 2. The summed E-state index contributed by atoms with van der Waals surface area (Å²) < 4.78 is 5.02. The lowest BCUT2D eigenvalue weighted by atomic mass is 10.3. The normalized spacial score (nSPS) is 57.0. The van der Waals surface area contributed by atoms with Crippen LogP contribution in [0.5, 0.6) is 0 Å². The van der Waals surface area contributed by atoms with Gasteiger partial charge >= 0.3 is 0 Å². The fourth-order valence-electron chi connectivity index (χ4n) is 1.23. The molecule has 1 saturated carbocycles. The first-order valence-electron chi connectivity index (χ1n) is 2.71. The SMILES string of the molecule is OC1CC[C@H]2O[C@H]12. The van der Waals surface area contributed by atoms with Crippen LogP contribution in [0.4, 0.5) is 0 Å². The molecule has 0 spiro atoms. The molecular weight excluding hydrogens is 92.1 g/mol. The Balaban J connectivity index is 2.08. The topological polar surface area (TPSA) is 32.8 Å². The van der Waals surface area contributed by atoms with E-state index in [1.165, 1.54) is 0 Å². The lowest BCUT2D eigenvalue weighted by Gasteiger charge is -1.96. The molecule has 2 rings (SSSR count). The molecule has 7 heavy (non-hydrogen) atoms. The number of epoxide rings is 1. The van der Waals surface area contributed by atoms with Crippen LogP contribution in [0.3, 0.4) is 0 Å². The summed E-state index contributed by atoms with van der Waals surface area (Å²) in [6.45, 7) is 0. The van der Waals surface area contributed by atoms with Crippen LogP contribution in [-0.4, -0.2) is 23.4 Å². The fourth-order valence-corrected chi connectivity index (χ4v) is 1.23. The predicted molar refractivity (Wildman–Crippen MR) is 23.9 cm³/mol. The van der Waals surface area contributed by atoms with Gasteiger partial charge in [-0.1, -0.05) is 0 Å². The number of ether oxygens (including phenoxy) is 1. The summed E-state index contributed by atoms with van der Waals surface area (Å²) in [5.41, 5.74) is 0. The third kappa shape index (κ3) is 0.409. The Labute approximate surface area is 42.1 Å². The van der Waals surface area contributed by atoms with E-state index in [1.54, 1.807) is 0 Å². The summed E-state index contributed by atoms with van der Waals surface area (Å²) in [7, 11) is 0. The molecule has 1 heterocycles. The Kier molecular flexibility index (Phi) is 0.557. The fraction of sp³-hybridized carbons (Fsp3) is 1.00. The van der Waals surface area contributed by atoms with E-state index in [0.717, 1.165) is 12.8 Å². The van der Waals surface area contributed by atoms with Gasteiger partial charge in [-0.2, -0.15) is 0 Å². The van der Waals surface area contributed by atoms with Gasteiger partial charge in [0.15, 0.2) is 0 Å². The molecule has 2 heteroatoms. The summed E-state index contributed by atoms with van der Waals surface area (Å²) in [5, 5.41) is 8.91. The van der Waals surface area contributed by atoms with E-state index in [4.69, 9.17) is 9.84 Å². The predicted octanol–water partition coefficient (Wildman–Crippen LogP) is -0.0915. The zero-order chi connectivity index (χ0) is 4.85. The summed E-state index contributed by atoms with van der Waals surface area (Å²) in [6, 6.07) is 0. The maximum atomic E-state index is 8.91. The van der Waals surface area contributed by atoms with Gasteiger partial charge in [0, 0.05) is 0 Å². The van der Waals surface area contributed by atoms with Crippen molar-refractivity contribution in [2.24, 2.45) is 0 Å². The quantitative estimate of drug-likeness (QED) is 0.431. The Morgan fingerprint density at radius 1 is 1.43 bits per heavy atom. The highest BCUT2D eigenvalue weighted by Gasteiger charge is 2.49. The minimum absolute atomic E-state index is 0.134. The van der Waals surface area contributed by atoms with Gasteiger partial charge < -0.3 is 9.84 Å². The molecule has 1 aliphatic heterocycles. The van der Waals surface area contributed by atoms with Crippen LogP contribution in [0.1, 0.15) is 12.8 Å². The number of rotatable bonds is 0. The maximum absolute atomic E-state index is 8.91. The zero-order valence-corrected chi connectivity index (χ0v) is 4.00. The van der Waals surface area contributed by atoms with E-state index in [9.17, 15) is 0 Å². The first-order valence-corrected chi connectivity index (χ1v) is 2.71. The van der Waals surface area contributed by atoms with Gasteiger partial charge in [0.1, 0.15) is 6.10 Å². The number of fused-ring (bicyclic) bond motifs is 1. The van der Waals surface area contributed by atoms with Crippen molar-refractivity contribution in [3.05, 3.63) is 0 Å². The van der Waals surface area contributed by atoms with Crippen molar-refractivity contribution in [1.29, 1.82) is 0 Å². The zero-order valence-electron chi connectivity index (χ0n) is 4.00. The summed E-state index contributed by atoms with van der Waals surface area (Å²) in [6.07, 6.45) is 2.57. The average molecular weight is 100 g/mol. The number of aliphatic hydroxyl groups is 1. The Morgan fingerprint density at radius 3 is 2.43 bits per heavy atom. The largest absolute Gasteiger partial charge is 0.390 e. The second-order valence-corrected chi connectivity index (χ2v) is 2.28. The van der Waals surface area contributed by atoms with Crippen LogP contribution in [-0.2, 0) is 4.74 Å². The lowest BCUT2D eigenvalue weighted by Crippen LogP contribution is -2.08. The van der Waals surface area contributed by atoms with Gasteiger partial charge in [-0.05, 0) is 12.8 Å². The summed E-state index contributed by atoms with van der Waals surface area (Å²) >= 11 is 0. The molecule has 0 aromatic carbocycles. The van der Waals surface area contributed by atoms with Crippen LogP contribution in [0.2, 0.25) is 0 Å². The van der Waals surface area contributed by atoms with Crippen LogP contribution in [0, 0.1) is 0 Å². The molecule has 1 unspecified atom stereocenters. The smallest absolute Gasteiger partial charge is 0.110 e. The molecule has 2 aliphatic rings. The van der Waals surface area contributed by atoms with Crippen molar-refractivity contribution >= 4 is 0 Å². The van der Waals surface area contributed by atoms with Crippen LogP contribution >= 0.6 is 0 Å². The Hall–Kier alpha value is -0.0800. The highest BCUT2D eigenvalue weighted by molar-refractivity contribution is 4.97. The van der Waals surface area contributed by atoms with Crippen molar-refractivity contribution in [2.75, 3.05) is 0 Å². The number of hydrogen-bond donors (Lipinski definition) is 1. The van der Waals surface area contributed by atoms with Crippen molar-refractivity contribution < 1.29 is 9.84 Å². The Morgan fingerprint density at radius 2 is 2.29 bits per heavy atom. The van der Waals surface area contributed by atoms with Gasteiger partial charge in [0.25, 0.3) is 0 Å². The molecule has 0 radical (unpaired) electrons. The van der Waals surface area contributed by atoms with Crippen molar-refractivity contribution in [1.82, 2.24) is 0 Å². The van der Waals surface area contributed by atoms with E-state index < -0.39 is 0 Å².